The van der Waals surface area contributed by atoms with Gasteiger partial charge in [-0.2, -0.15) is 0 Å². The molecule has 1 aromatic rings. The number of ether oxygens (including phenoxy) is 2. The van der Waals surface area contributed by atoms with E-state index in [9.17, 15) is 4.79 Å². The van der Waals surface area contributed by atoms with E-state index in [-0.39, 0.29) is 11.3 Å². The normalized spacial score (nSPS) is 29.8. The summed E-state index contributed by atoms with van der Waals surface area (Å²) in [5.41, 5.74) is 0.946. The lowest BCUT2D eigenvalue weighted by Crippen LogP contribution is -2.69. The van der Waals surface area contributed by atoms with Crippen molar-refractivity contribution in [2.24, 2.45) is 11.3 Å². The van der Waals surface area contributed by atoms with Crippen LogP contribution in [0.3, 0.4) is 0 Å². The number of nitrogens with zero attached hydrogens (tertiary/aromatic N) is 2. The van der Waals surface area contributed by atoms with Gasteiger partial charge in [0.2, 0.25) is 0 Å². The fraction of sp³-hybridized carbons (Fsp3) is 0.682. The number of carbonyl (C=O) groups is 1. The Kier molecular flexibility index (Phi) is 5.63. The van der Waals surface area contributed by atoms with Crippen molar-refractivity contribution in [2.75, 3.05) is 53.0 Å². The van der Waals surface area contributed by atoms with Crippen LogP contribution in [-0.2, 0) is 4.74 Å². The topological polar surface area (TPSA) is 54.0 Å². The standard InChI is InChI=1S/C22H33N3O3/c1-22(2)19(18-8-15-28-20(18)22)25-13-11-24(12-14-25)10-9-23-21(26)16-4-6-17(27-3)7-5-16/h4-7,18-20H,8-15H2,1-3H3,(H,23,26)/t18-,19-,20-/m1/s1. The molecule has 1 saturated carbocycles. The molecule has 3 fully saturated rings. The lowest BCUT2D eigenvalue weighted by Gasteiger charge is -2.60. The molecule has 3 aliphatic rings. The number of hydrogen-bond donors (Lipinski definition) is 1. The molecule has 2 saturated heterocycles. The zero-order valence-corrected chi connectivity index (χ0v) is 17.3. The van der Waals surface area contributed by atoms with Crippen molar-refractivity contribution >= 4 is 5.91 Å². The van der Waals surface area contributed by atoms with Gasteiger partial charge in [-0.3, -0.25) is 14.6 Å². The summed E-state index contributed by atoms with van der Waals surface area (Å²) in [6.45, 7) is 11.6. The van der Waals surface area contributed by atoms with Gasteiger partial charge in [0.1, 0.15) is 5.75 Å². The van der Waals surface area contributed by atoms with Crippen molar-refractivity contribution in [1.82, 2.24) is 15.1 Å². The van der Waals surface area contributed by atoms with Crippen molar-refractivity contribution in [3.05, 3.63) is 29.8 Å². The maximum Gasteiger partial charge on any atom is 0.251 e. The molecule has 3 atom stereocenters. The first-order valence-electron chi connectivity index (χ1n) is 10.5. The SMILES string of the molecule is COc1ccc(C(=O)NCCN2CCN([C@@H]3[C@H]4CCO[C@H]4C3(C)C)CC2)cc1. The van der Waals surface area contributed by atoms with E-state index in [0.717, 1.165) is 51.0 Å². The quantitative estimate of drug-likeness (QED) is 0.808. The molecule has 0 bridgehead atoms. The summed E-state index contributed by atoms with van der Waals surface area (Å²) in [7, 11) is 1.63. The second-order valence-electron chi connectivity index (χ2n) is 8.87. The van der Waals surface area contributed by atoms with Gasteiger partial charge in [-0.05, 0) is 30.7 Å². The van der Waals surface area contributed by atoms with E-state index in [2.05, 4.69) is 29.0 Å². The summed E-state index contributed by atoms with van der Waals surface area (Å²) in [6, 6.07) is 7.89. The highest BCUT2D eigenvalue weighted by atomic mass is 16.5. The summed E-state index contributed by atoms with van der Waals surface area (Å²) < 4.78 is 11.1. The van der Waals surface area contributed by atoms with Crippen LogP contribution in [-0.4, -0.2) is 80.8 Å². The molecule has 1 N–H and O–H groups in total. The van der Waals surface area contributed by atoms with Crippen LogP contribution in [0.1, 0.15) is 30.6 Å². The molecule has 6 nitrogen and oxygen atoms in total. The monoisotopic (exact) mass is 387 g/mol. The summed E-state index contributed by atoms with van der Waals surface area (Å²) in [4.78, 5) is 17.4. The van der Waals surface area contributed by atoms with E-state index < -0.39 is 0 Å². The zero-order valence-electron chi connectivity index (χ0n) is 17.3. The maximum atomic E-state index is 12.3. The van der Waals surface area contributed by atoms with Gasteiger partial charge in [-0.25, -0.2) is 0 Å². The highest BCUT2D eigenvalue weighted by molar-refractivity contribution is 5.94. The summed E-state index contributed by atoms with van der Waals surface area (Å²) in [5.74, 6) is 1.47. The van der Waals surface area contributed by atoms with Crippen molar-refractivity contribution in [2.45, 2.75) is 32.4 Å². The lowest BCUT2D eigenvalue weighted by atomic mass is 9.56. The number of nitrogens with one attached hydrogen (secondary N) is 1. The van der Waals surface area contributed by atoms with Crippen LogP contribution in [0, 0.1) is 11.3 Å². The summed E-state index contributed by atoms with van der Waals surface area (Å²) in [6.07, 6.45) is 1.68. The maximum absolute atomic E-state index is 12.3. The molecule has 28 heavy (non-hydrogen) atoms. The molecule has 4 rings (SSSR count). The molecule has 1 aromatic carbocycles. The Morgan fingerprint density at radius 1 is 1.21 bits per heavy atom. The van der Waals surface area contributed by atoms with Gasteiger partial charge < -0.3 is 14.8 Å². The number of benzene rings is 1. The molecule has 1 amide bonds. The van der Waals surface area contributed by atoms with E-state index in [4.69, 9.17) is 9.47 Å². The van der Waals surface area contributed by atoms with Crippen LogP contribution in [0.4, 0.5) is 0 Å². The molecule has 0 radical (unpaired) electrons. The minimum absolute atomic E-state index is 0.0234. The third-order valence-corrected chi connectivity index (χ3v) is 6.90. The smallest absolute Gasteiger partial charge is 0.251 e. The van der Waals surface area contributed by atoms with Crippen LogP contribution >= 0.6 is 0 Å². The zero-order chi connectivity index (χ0) is 19.7. The second-order valence-corrected chi connectivity index (χ2v) is 8.87. The van der Waals surface area contributed by atoms with E-state index in [0.29, 0.717) is 24.3 Å². The molecule has 1 aliphatic carbocycles. The molecular weight excluding hydrogens is 354 g/mol. The van der Waals surface area contributed by atoms with Gasteiger partial charge in [0, 0.05) is 68.8 Å². The highest BCUT2D eigenvalue weighted by Crippen LogP contribution is 2.54. The number of rotatable bonds is 6. The van der Waals surface area contributed by atoms with Crippen LogP contribution in [0.15, 0.2) is 24.3 Å². The van der Waals surface area contributed by atoms with Crippen LogP contribution in [0.2, 0.25) is 0 Å². The third-order valence-electron chi connectivity index (χ3n) is 6.90. The Morgan fingerprint density at radius 3 is 2.61 bits per heavy atom. The van der Waals surface area contributed by atoms with Crippen molar-refractivity contribution < 1.29 is 14.3 Å². The third kappa shape index (κ3) is 3.65. The van der Waals surface area contributed by atoms with E-state index in [1.807, 2.05) is 12.1 Å². The van der Waals surface area contributed by atoms with E-state index >= 15 is 0 Å². The number of hydrogen-bond acceptors (Lipinski definition) is 5. The van der Waals surface area contributed by atoms with Crippen molar-refractivity contribution in [3.8, 4) is 5.75 Å². The number of piperazine rings is 1. The molecule has 2 heterocycles. The van der Waals surface area contributed by atoms with Gasteiger partial charge in [0.25, 0.3) is 5.91 Å². The Bertz CT molecular complexity index is 683. The molecular formula is C22H33N3O3. The average molecular weight is 388 g/mol. The molecule has 0 unspecified atom stereocenters. The average Bonchev–Trinajstić information content (AvgIpc) is 3.15. The first-order chi connectivity index (χ1) is 13.5. The molecule has 0 aromatic heterocycles. The first-order valence-corrected chi connectivity index (χ1v) is 10.5. The van der Waals surface area contributed by atoms with Crippen LogP contribution in [0.5, 0.6) is 5.75 Å². The van der Waals surface area contributed by atoms with E-state index in [1.165, 1.54) is 6.42 Å². The van der Waals surface area contributed by atoms with Crippen molar-refractivity contribution in [3.63, 3.8) is 0 Å². The molecule has 0 spiro atoms. The van der Waals surface area contributed by atoms with Gasteiger partial charge in [0.05, 0.1) is 13.2 Å². The number of amides is 1. The number of fused-ring (bicyclic) bond motifs is 1. The first kappa shape index (κ1) is 19.7. The Labute approximate surface area is 168 Å². The minimum Gasteiger partial charge on any atom is -0.497 e. The molecule has 2 aliphatic heterocycles. The van der Waals surface area contributed by atoms with Crippen LogP contribution < -0.4 is 10.1 Å². The van der Waals surface area contributed by atoms with Gasteiger partial charge in [-0.1, -0.05) is 13.8 Å². The highest BCUT2D eigenvalue weighted by Gasteiger charge is 2.61. The predicted molar refractivity (Wildman–Crippen MR) is 109 cm³/mol. The summed E-state index contributed by atoms with van der Waals surface area (Å²) in [5, 5.41) is 3.03. The Hall–Kier alpha value is -1.63. The Morgan fingerprint density at radius 2 is 1.93 bits per heavy atom. The van der Waals surface area contributed by atoms with E-state index in [1.54, 1.807) is 19.2 Å². The lowest BCUT2D eigenvalue weighted by molar-refractivity contribution is -0.161. The van der Waals surface area contributed by atoms with Gasteiger partial charge >= 0.3 is 0 Å². The fourth-order valence-corrected chi connectivity index (χ4v) is 5.48. The molecule has 6 heteroatoms. The van der Waals surface area contributed by atoms with Gasteiger partial charge in [-0.15, -0.1) is 0 Å². The predicted octanol–water partition coefficient (Wildman–Crippen LogP) is 1.86. The Balaban J connectivity index is 1.19. The number of carbonyl (C=O) groups excluding carboxylic acids is 1. The van der Waals surface area contributed by atoms with Crippen LogP contribution in [0.25, 0.3) is 0 Å². The minimum atomic E-state index is -0.0234. The van der Waals surface area contributed by atoms with Crippen molar-refractivity contribution in [1.29, 1.82) is 0 Å². The van der Waals surface area contributed by atoms with Gasteiger partial charge in [0.15, 0.2) is 0 Å². The second kappa shape index (κ2) is 8.01. The fourth-order valence-electron chi connectivity index (χ4n) is 5.48. The summed E-state index contributed by atoms with van der Waals surface area (Å²) >= 11 is 0. The molecule has 154 valence electrons. The number of methoxy groups -OCH3 is 1. The largest absolute Gasteiger partial charge is 0.497 e.